The van der Waals surface area contributed by atoms with Gasteiger partial charge in [-0.3, -0.25) is 9.69 Å². The van der Waals surface area contributed by atoms with E-state index >= 15 is 0 Å². The van der Waals surface area contributed by atoms with E-state index in [2.05, 4.69) is 17.1 Å². The molecule has 4 rings (SSSR count). The summed E-state index contributed by atoms with van der Waals surface area (Å²) in [6.07, 6.45) is 4.05. The average molecular weight is 671 g/mol. The highest BCUT2D eigenvalue weighted by Crippen LogP contribution is 2.37. The van der Waals surface area contributed by atoms with Gasteiger partial charge in [0.25, 0.3) is 5.91 Å². The number of amides is 5. The monoisotopic (exact) mass is 670 g/mol. The molecule has 12 heteroatoms. The number of unbranched alkanes of at least 4 members (excludes halogenated alkanes) is 3. The first-order chi connectivity index (χ1) is 22.3. The normalized spacial score (nSPS) is 15.9. The molecule has 0 aliphatic carbocycles. The van der Waals surface area contributed by atoms with E-state index < -0.39 is 17.7 Å². The summed E-state index contributed by atoms with van der Waals surface area (Å²) in [6.45, 7) is 6.51. The molecule has 2 heterocycles. The van der Waals surface area contributed by atoms with Crippen molar-refractivity contribution in [3.63, 3.8) is 0 Å². The molecule has 258 valence electrons. The lowest BCUT2D eigenvalue weighted by atomic mass is 9.85. The molecule has 5 amide bonds. The Morgan fingerprint density at radius 3 is 2.15 bits per heavy atom. The van der Waals surface area contributed by atoms with Gasteiger partial charge in [0.2, 0.25) is 0 Å². The number of halogens is 1. The van der Waals surface area contributed by atoms with Crippen molar-refractivity contribution in [2.75, 3.05) is 45.8 Å². The van der Waals surface area contributed by atoms with Gasteiger partial charge < -0.3 is 34.7 Å². The Labute approximate surface area is 284 Å². The van der Waals surface area contributed by atoms with Gasteiger partial charge in [-0.1, -0.05) is 74.0 Å². The molecule has 1 N–H and O–H groups in total. The summed E-state index contributed by atoms with van der Waals surface area (Å²) in [5.41, 5.74) is 1.04. The molecule has 0 atom stereocenters. The Hall–Kier alpha value is -3.83. The predicted octanol–water partition coefficient (Wildman–Crippen LogP) is 4.64. The lowest BCUT2D eigenvalue weighted by Gasteiger charge is -2.42. The number of imide groups is 1. The van der Waals surface area contributed by atoms with E-state index in [9.17, 15) is 24.3 Å². The number of likely N-dealkylation sites (tertiary alicyclic amines) is 1. The smallest absolute Gasteiger partial charge is 0.407 e. The minimum absolute atomic E-state index is 0. The molecule has 0 unspecified atom stereocenters. The van der Waals surface area contributed by atoms with Gasteiger partial charge >= 0.3 is 12.1 Å². The number of nitrogens with one attached hydrogen (secondary N) is 1. The Bertz CT molecular complexity index is 1280. The largest absolute Gasteiger partial charge is 0.530 e. The predicted molar refractivity (Wildman–Crippen MR) is 180 cm³/mol. The first-order valence-corrected chi connectivity index (χ1v) is 16.6. The summed E-state index contributed by atoms with van der Waals surface area (Å²) >= 11 is 0. The maximum absolute atomic E-state index is 13.8. The van der Waals surface area contributed by atoms with Gasteiger partial charge in [-0.05, 0) is 62.6 Å². The first-order valence-electron chi connectivity index (χ1n) is 16.6. The van der Waals surface area contributed by atoms with Gasteiger partial charge in [0.1, 0.15) is 18.2 Å². The van der Waals surface area contributed by atoms with E-state index in [1.54, 1.807) is 0 Å². The van der Waals surface area contributed by atoms with Gasteiger partial charge in [-0.2, -0.15) is 0 Å². The van der Waals surface area contributed by atoms with Crippen LogP contribution in [0.5, 0.6) is 0 Å². The van der Waals surface area contributed by atoms with Crippen molar-refractivity contribution in [1.29, 1.82) is 0 Å². The third-order valence-electron chi connectivity index (χ3n) is 8.96. The van der Waals surface area contributed by atoms with E-state index in [4.69, 9.17) is 4.74 Å². The molecular weight excluding hydrogens is 622 g/mol. The molecule has 0 aromatic heterocycles. The van der Waals surface area contributed by atoms with Gasteiger partial charge in [-0.15, -0.1) is 12.4 Å². The van der Waals surface area contributed by atoms with Gasteiger partial charge in [-0.25, -0.2) is 9.59 Å². The summed E-state index contributed by atoms with van der Waals surface area (Å²) in [5, 5.41) is 14.4. The van der Waals surface area contributed by atoms with Crippen molar-refractivity contribution in [2.45, 2.75) is 77.0 Å². The van der Waals surface area contributed by atoms with Crippen molar-refractivity contribution in [2.24, 2.45) is 0 Å². The van der Waals surface area contributed by atoms with Crippen LogP contribution in [0.15, 0.2) is 60.7 Å². The standard InChI is InChI=1S/C35H49N5O6.ClH/c1-2-3-24-40-33(43)39(23-11-10-20-36-32(42)46-28-30-16-8-5-9-17-30)31(41)35(40)18-25-37(26-19-35)21-12-13-22-38(34(44)45)27-29-14-6-4-7-15-29;/h4-9,14-17H,2-3,10-13,18-28H2,1H3,(H,36,42)(H,44,45);1H/p-1. The number of urea groups is 1. The Morgan fingerprint density at radius 2 is 1.51 bits per heavy atom. The topological polar surface area (TPSA) is 126 Å². The van der Waals surface area contributed by atoms with Gasteiger partial charge in [0.15, 0.2) is 0 Å². The first kappa shape index (κ1) is 37.6. The molecule has 2 aliphatic rings. The highest BCUT2D eigenvalue weighted by Gasteiger charge is 2.57. The molecule has 47 heavy (non-hydrogen) atoms. The number of piperidine rings is 1. The van der Waals surface area contributed by atoms with Crippen molar-refractivity contribution in [1.82, 2.24) is 24.9 Å². The third-order valence-corrected chi connectivity index (χ3v) is 8.96. The fourth-order valence-corrected chi connectivity index (χ4v) is 6.27. The van der Waals surface area contributed by atoms with E-state index in [1.165, 1.54) is 9.80 Å². The lowest BCUT2D eigenvalue weighted by molar-refractivity contribution is -0.266. The van der Waals surface area contributed by atoms with Crippen LogP contribution in [-0.2, 0) is 22.7 Å². The highest BCUT2D eigenvalue weighted by atomic mass is 35.5. The molecule has 2 aromatic carbocycles. The molecule has 0 saturated carbocycles. The number of rotatable bonds is 17. The van der Waals surface area contributed by atoms with Crippen molar-refractivity contribution in [3.8, 4) is 0 Å². The summed E-state index contributed by atoms with van der Waals surface area (Å²) in [4.78, 5) is 57.9. The van der Waals surface area contributed by atoms with Gasteiger partial charge in [0.05, 0.1) is 0 Å². The SMILES string of the molecule is CCCCN1C(=O)N(CCCCNC(=O)OCc2ccccc2)C(=O)C12CCN(CCCCN(Cc1ccccc1)C(=O)[O-])CC2.Cl. The second kappa shape index (κ2) is 19.1. The Morgan fingerprint density at radius 1 is 0.872 bits per heavy atom. The number of ether oxygens (including phenoxy) is 1. The minimum atomic E-state index is -1.16. The van der Waals surface area contributed by atoms with Crippen LogP contribution in [0.25, 0.3) is 0 Å². The zero-order valence-corrected chi connectivity index (χ0v) is 28.3. The minimum Gasteiger partial charge on any atom is -0.530 e. The number of hydrogen-bond donors (Lipinski definition) is 1. The number of carbonyl (C=O) groups excluding carboxylic acids is 4. The van der Waals surface area contributed by atoms with Crippen LogP contribution < -0.4 is 10.4 Å². The molecule has 2 fully saturated rings. The number of benzene rings is 2. The molecule has 2 saturated heterocycles. The molecule has 0 radical (unpaired) electrons. The molecular formula is C35H49ClN5O6-. The van der Waals surface area contributed by atoms with E-state index in [0.29, 0.717) is 71.5 Å². The number of carboxylic acid groups (broad SMARTS) is 1. The number of nitrogens with zero attached hydrogens (tertiary/aromatic N) is 4. The Kier molecular flexibility index (Phi) is 15.3. The maximum atomic E-state index is 13.8. The van der Waals surface area contributed by atoms with Crippen LogP contribution in [0.3, 0.4) is 0 Å². The van der Waals surface area contributed by atoms with E-state index in [-0.39, 0.29) is 31.0 Å². The quantitative estimate of drug-likeness (QED) is 0.192. The maximum Gasteiger partial charge on any atom is 0.407 e. The third kappa shape index (κ3) is 10.6. The Balaban J connectivity index is 0.00000600. The van der Waals surface area contributed by atoms with Crippen LogP contribution in [0.2, 0.25) is 0 Å². The van der Waals surface area contributed by atoms with Gasteiger partial charge in [0, 0.05) is 45.8 Å². The van der Waals surface area contributed by atoms with Crippen molar-refractivity contribution in [3.05, 3.63) is 71.8 Å². The summed E-state index contributed by atoms with van der Waals surface area (Å²) < 4.78 is 5.24. The van der Waals surface area contributed by atoms with Crippen molar-refractivity contribution >= 4 is 36.5 Å². The fraction of sp³-hybridized carbons (Fsp3) is 0.543. The second-order valence-electron chi connectivity index (χ2n) is 12.2. The fourth-order valence-electron chi connectivity index (χ4n) is 6.27. The van der Waals surface area contributed by atoms with Crippen LogP contribution >= 0.6 is 12.4 Å². The second-order valence-corrected chi connectivity index (χ2v) is 12.2. The van der Waals surface area contributed by atoms with Crippen LogP contribution in [-0.4, -0.2) is 95.1 Å². The zero-order chi connectivity index (χ0) is 32.8. The summed E-state index contributed by atoms with van der Waals surface area (Å²) in [6, 6.07) is 18.8. The number of alkyl carbamates (subject to hydrolysis) is 1. The molecule has 1 spiro atoms. The van der Waals surface area contributed by atoms with Crippen molar-refractivity contribution < 1.29 is 29.0 Å². The molecule has 2 aromatic rings. The van der Waals surface area contributed by atoms with Crippen LogP contribution in [0.1, 0.15) is 69.4 Å². The summed E-state index contributed by atoms with van der Waals surface area (Å²) in [7, 11) is 0. The van der Waals surface area contributed by atoms with Crippen LogP contribution in [0.4, 0.5) is 14.4 Å². The highest BCUT2D eigenvalue weighted by molar-refractivity contribution is 6.07. The number of carbonyl (C=O) groups is 4. The molecule has 2 aliphatic heterocycles. The molecule has 11 nitrogen and oxygen atoms in total. The molecule has 0 bridgehead atoms. The average Bonchev–Trinajstić information content (AvgIpc) is 3.25. The summed E-state index contributed by atoms with van der Waals surface area (Å²) in [5.74, 6) is -0.103. The number of hydrogen-bond acceptors (Lipinski definition) is 7. The van der Waals surface area contributed by atoms with E-state index in [1.807, 2.05) is 65.6 Å². The van der Waals surface area contributed by atoms with Crippen LogP contribution in [0, 0.1) is 0 Å². The zero-order valence-electron chi connectivity index (χ0n) is 27.4. The lowest BCUT2D eigenvalue weighted by Crippen LogP contribution is -2.56. The van der Waals surface area contributed by atoms with E-state index in [0.717, 1.165) is 43.4 Å².